The van der Waals surface area contributed by atoms with Gasteiger partial charge in [-0.25, -0.2) is 0 Å². The molecule has 4 rings (SSSR count). The third-order valence-corrected chi connectivity index (χ3v) is 4.42. The molecule has 3 aromatic rings. The predicted octanol–water partition coefficient (Wildman–Crippen LogP) is 1.98. The summed E-state index contributed by atoms with van der Waals surface area (Å²) in [6.45, 7) is 1.92. The topological polar surface area (TPSA) is 105 Å². The number of piperidine rings is 1. The summed E-state index contributed by atoms with van der Waals surface area (Å²) < 4.78 is 6.00. The van der Waals surface area contributed by atoms with Crippen molar-refractivity contribution in [3.63, 3.8) is 0 Å². The quantitative estimate of drug-likeness (QED) is 0.591. The van der Waals surface area contributed by atoms with Gasteiger partial charge in [0.25, 0.3) is 5.91 Å². The van der Waals surface area contributed by atoms with Crippen LogP contribution in [0.15, 0.2) is 49.2 Å². The zero-order valence-corrected chi connectivity index (χ0v) is 15.7. The van der Waals surface area contributed by atoms with Gasteiger partial charge in [0, 0.05) is 24.2 Å². The summed E-state index contributed by atoms with van der Waals surface area (Å²) in [7, 11) is 0. The summed E-state index contributed by atoms with van der Waals surface area (Å²) in [5, 5.41) is 12.8. The number of hydrogen-bond acceptors (Lipinski definition) is 6. The molecule has 3 aromatic heterocycles. The highest BCUT2D eigenvalue weighted by Crippen LogP contribution is 2.17. The third-order valence-electron chi connectivity index (χ3n) is 4.42. The highest BCUT2D eigenvalue weighted by molar-refractivity contribution is 6.04. The minimum absolute atomic E-state index is 0.193. The molecule has 146 valence electrons. The van der Waals surface area contributed by atoms with Gasteiger partial charge >= 0.3 is 0 Å². The van der Waals surface area contributed by atoms with E-state index < -0.39 is 0 Å². The van der Waals surface area contributed by atoms with Gasteiger partial charge in [-0.2, -0.15) is 5.10 Å². The van der Waals surface area contributed by atoms with Crippen molar-refractivity contribution < 1.29 is 9.53 Å². The molecule has 1 aliphatic heterocycles. The molecule has 29 heavy (non-hydrogen) atoms. The fourth-order valence-electron chi connectivity index (χ4n) is 2.98. The van der Waals surface area contributed by atoms with Crippen molar-refractivity contribution in [1.29, 1.82) is 0 Å². The lowest BCUT2D eigenvalue weighted by atomic mass is 10.1. The van der Waals surface area contributed by atoms with Crippen molar-refractivity contribution in [1.82, 2.24) is 25.5 Å². The molecule has 8 nitrogen and oxygen atoms in total. The molecular formula is C21H20N6O2. The van der Waals surface area contributed by atoms with Crippen LogP contribution in [0.1, 0.15) is 34.5 Å². The van der Waals surface area contributed by atoms with Crippen molar-refractivity contribution in [3.8, 4) is 17.6 Å². The SMILES string of the molecule is O=C(Nc1cccnc1)c1n[nH]cc1C#Cc1cncc(OC2CCNCC2)c1. The molecule has 0 unspecified atom stereocenters. The predicted molar refractivity (Wildman–Crippen MR) is 108 cm³/mol. The lowest BCUT2D eigenvalue weighted by molar-refractivity contribution is 0.102. The summed E-state index contributed by atoms with van der Waals surface area (Å²) >= 11 is 0. The Balaban J connectivity index is 1.46. The van der Waals surface area contributed by atoms with Crippen molar-refractivity contribution in [2.24, 2.45) is 0 Å². The second-order valence-corrected chi connectivity index (χ2v) is 6.57. The zero-order valence-electron chi connectivity index (χ0n) is 15.7. The molecule has 0 radical (unpaired) electrons. The van der Waals surface area contributed by atoms with E-state index in [4.69, 9.17) is 4.74 Å². The highest BCUT2D eigenvalue weighted by Gasteiger charge is 2.15. The summed E-state index contributed by atoms with van der Waals surface area (Å²) in [5.74, 6) is 6.35. The zero-order chi connectivity index (χ0) is 19.9. The van der Waals surface area contributed by atoms with Crippen LogP contribution in [0.4, 0.5) is 5.69 Å². The van der Waals surface area contributed by atoms with Crippen molar-refractivity contribution >= 4 is 11.6 Å². The van der Waals surface area contributed by atoms with Gasteiger partial charge in [0.1, 0.15) is 11.9 Å². The van der Waals surface area contributed by atoms with Crippen LogP contribution < -0.4 is 15.4 Å². The maximum absolute atomic E-state index is 12.5. The second kappa shape index (κ2) is 8.99. The number of anilines is 1. The molecule has 1 saturated heterocycles. The smallest absolute Gasteiger partial charge is 0.277 e. The van der Waals surface area contributed by atoms with Crippen LogP contribution in [0.2, 0.25) is 0 Å². The van der Waals surface area contributed by atoms with E-state index in [1.165, 1.54) is 0 Å². The molecule has 1 amide bonds. The number of H-pyrrole nitrogens is 1. The van der Waals surface area contributed by atoms with Crippen LogP contribution in [0.25, 0.3) is 0 Å². The molecule has 1 fully saturated rings. The fourth-order valence-corrected chi connectivity index (χ4v) is 2.98. The molecular weight excluding hydrogens is 368 g/mol. The number of nitrogens with one attached hydrogen (secondary N) is 3. The van der Waals surface area contributed by atoms with Gasteiger partial charge in [0.05, 0.1) is 23.6 Å². The lowest BCUT2D eigenvalue weighted by Gasteiger charge is -2.23. The van der Waals surface area contributed by atoms with E-state index in [-0.39, 0.29) is 17.7 Å². The van der Waals surface area contributed by atoms with Crippen LogP contribution in [0, 0.1) is 11.8 Å². The first-order valence-corrected chi connectivity index (χ1v) is 9.37. The van der Waals surface area contributed by atoms with Gasteiger partial charge in [0.15, 0.2) is 5.69 Å². The van der Waals surface area contributed by atoms with E-state index in [0.29, 0.717) is 22.6 Å². The Morgan fingerprint density at radius 2 is 2.07 bits per heavy atom. The molecule has 0 spiro atoms. The minimum atomic E-state index is -0.357. The average Bonchev–Trinajstić information content (AvgIpc) is 3.23. The highest BCUT2D eigenvalue weighted by atomic mass is 16.5. The van der Waals surface area contributed by atoms with E-state index in [1.54, 1.807) is 43.1 Å². The second-order valence-electron chi connectivity index (χ2n) is 6.57. The van der Waals surface area contributed by atoms with E-state index in [2.05, 4.69) is 42.6 Å². The number of rotatable bonds is 4. The molecule has 1 aliphatic rings. The number of carbonyl (C=O) groups excluding carboxylic acids is 1. The first-order chi connectivity index (χ1) is 14.3. The first kappa shape index (κ1) is 18.7. The molecule has 8 heteroatoms. The number of amides is 1. The number of hydrogen-bond donors (Lipinski definition) is 3. The van der Waals surface area contributed by atoms with E-state index >= 15 is 0 Å². The normalized spacial score (nSPS) is 13.9. The van der Waals surface area contributed by atoms with E-state index in [0.717, 1.165) is 25.9 Å². The van der Waals surface area contributed by atoms with Gasteiger partial charge in [-0.3, -0.25) is 19.9 Å². The molecule has 0 saturated carbocycles. The molecule has 4 heterocycles. The van der Waals surface area contributed by atoms with Gasteiger partial charge in [-0.15, -0.1) is 0 Å². The van der Waals surface area contributed by atoms with Crippen molar-refractivity contribution in [2.45, 2.75) is 18.9 Å². The third kappa shape index (κ3) is 4.97. The Kier molecular flexibility index (Phi) is 5.78. The summed E-state index contributed by atoms with van der Waals surface area (Å²) in [6.07, 6.45) is 10.3. The number of aromatic amines is 1. The average molecular weight is 388 g/mol. The Morgan fingerprint density at radius 1 is 1.17 bits per heavy atom. The van der Waals surface area contributed by atoms with Gasteiger partial charge in [-0.1, -0.05) is 11.8 Å². The Morgan fingerprint density at radius 3 is 2.90 bits per heavy atom. The molecule has 0 atom stereocenters. The maximum atomic E-state index is 12.5. The van der Waals surface area contributed by atoms with Crippen LogP contribution in [0.3, 0.4) is 0 Å². The number of aromatic nitrogens is 4. The van der Waals surface area contributed by atoms with E-state index in [1.807, 2.05) is 6.07 Å². The van der Waals surface area contributed by atoms with Crippen LogP contribution in [-0.2, 0) is 0 Å². The minimum Gasteiger partial charge on any atom is -0.489 e. The summed E-state index contributed by atoms with van der Waals surface area (Å²) in [5.41, 5.74) is 2.01. The number of ether oxygens (including phenoxy) is 1. The molecule has 3 N–H and O–H groups in total. The van der Waals surface area contributed by atoms with E-state index in [9.17, 15) is 4.79 Å². The Labute approximate surface area is 168 Å². The number of carbonyl (C=O) groups is 1. The summed E-state index contributed by atoms with van der Waals surface area (Å²) in [6, 6.07) is 5.35. The monoisotopic (exact) mass is 388 g/mol. The van der Waals surface area contributed by atoms with Crippen LogP contribution in [-0.4, -0.2) is 45.3 Å². The lowest BCUT2D eigenvalue weighted by Crippen LogP contribution is -2.34. The van der Waals surface area contributed by atoms with Crippen molar-refractivity contribution in [3.05, 3.63) is 66.0 Å². The Hall–Kier alpha value is -3.70. The standard InChI is InChI=1S/C21H20N6O2/c28-21(26-17-2-1-7-23-13-17)20-16(12-25-27-20)4-3-15-10-19(14-24-11-15)29-18-5-8-22-9-6-18/h1-2,7,10-14,18,22H,5-6,8-9H2,(H,25,27)(H,26,28). The molecule has 0 aromatic carbocycles. The van der Waals surface area contributed by atoms with Crippen LogP contribution in [0.5, 0.6) is 5.75 Å². The van der Waals surface area contributed by atoms with Gasteiger partial charge in [0.2, 0.25) is 0 Å². The molecule has 0 bridgehead atoms. The Bertz CT molecular complexity index is 1030. The molecule has 0 aliphatic carbocycles. The number of nitrogens with zero attached hydrogens (tertiary/aromatic N) is 3. The fraction of sp³-hybridized carbons (Fsp3) is 0.238. The number of pyridine rings is 2. The van der Waals surface area contributed by atoms with Crippen LogP contribution >= 0.6 is 0 Å². The van der Waals surface area contributed by atoms with Gasteiger partial charge in [-0.05, 0) is 44.1 Å². The first-order valence-electron chi connectivity index (χ1n) is 9.37. The summed E-state index contributed by atoms with van der Waals surface area (Å²) in [4.78, 5) is 20.6. The van der Waals surface area contributed by atoms with Gasteiger partial charge < -0.3 is 15.4 Å². The van der Waals surface area contributed by atoms with Crippen molar-refractivity contribution in [2.75, 3.05) is 18.4 Å². The largest absolute Gasteiger partial charge is 0.489 e. The maximum Gasteiger partial charge on any atom is 0.277 e.